The van der Waals surface area contributed by atoms with Gasteiger partial charge in [-0.1, -0.05) is 24.3 Å². The van der Waals surface area contributed by atoms with Gasteiger partial charge in [-0.2, -0.15) is 0 Å². The van der Waals surface area contributed by atoms with Crippen LogP contribution in [0.15, 0.2) is 59.7 Å². The number of phenols is 1. The monoisotopic (exact) mass is 429 g/mol. The van der Waals surface area contributed by atoms with Crippen molar-refractivity contribution in [2.75, 3.05) is 18.4 Å². The van der Waals surface area contributed by atoms with Gasteiger partial charge in [-0.15, -0.1) is 0 Å². The highest BCUT2D eigenvalue weighted by atomic mass is 16.3. The molecule has 3 aromatic rings. The number of benzene rings is 2. The van der Waals surface area contributed by atoms with Crippen LogP contribution in [-0.2, 0) is 13.0 Å². The Balaban J connectivity index is 1.46. The standard InChI is InChI=1S/C26H31N5O/c1-18-7-8-22(17-31-16-19(2)29-15-20(31)3)14-24(18)25-10-12-28-26(30-25)27-11-9-21-5-4-6-23(32)13-21/h4-8,10,12-15,19-20,32H,9,11,16-17H2,1-3H3,(H,27,28,30)/t19-,20?/m0/s1. The maximum Gasteiger partial charge on any atom is 0.223 e. The zero-order valence-corrected chi connectivity index (χ0v) is 19.0. The lowest BCUT2D eigenvalue weighted by atomic mass is 10.0. The largest absolute Gasteiger partial charge is 0.508 e. The molecule has 0 spiro atoms. The topological polar surface area (TPSA) is 73.6 Å². The van der Waals surface area contributed by atoms with Gasteiger partial charge in [-0.25, -0.2) is 9.97 Å². The van der Waals surface area contributed by atoms with Crippen LogP contribution in [0.1, 0.15) is 30.5 Å². The van der Waals surface area contributed by atoms with Gasteiger partial charge in [0.2, 0.25) is 5.95 Å². The summed E-state index contributed by atoms with van der Waals surface area (Å²) >= 11 is 0. The number of phenolic OH excluding ortho intramolecular Hbond substituents is 1. The number of aryl methyl sites for hydroxylation is 1. The van der Waals surface area contributed by atoms with Gasteiger partial charge in [-0.3, -0.25) is 9.89 Å². The highest BCUT2D eigenvalue weighted by Crippen LogP contribution is 2.25. The lowest BCUT2D eigenvalue weighted by molar-refractivity contribution is 0.224. The summed E-state index contributed by atoms with van der Waals surface area (Å²) in [5.74, 6) is 0.902. The second-order valence-corrected chi connectivity index (χ2v) is 8.58. The highest BCUT2D eigenvalue weighted by Gasteiger charge is 2.19. The normalized spacial score (nSPS) is 18.6. The van der Waals surface area contributed by atoms with E-state index >= 15 is 0 Å². The van der Waals surface area contributed by atoms with Crippen molar-refractivity contribution < 1.29 is 5.11 Å². The van der Waals surface area contributed by atoms with Crippen LogP contribution < -0.4 is 5.32 Å². The van der Waals surface area contributed by atoms with E-state index in [0.717, 1.165) is 36.3 Å². The molecule has 0 radical (unpaired) electrons. The summed E-state index contributed by atoms with van der Waals surface area (Å²) in [6, 6.07) is 16.6. The average Bonchev–Trinajstić information content (AvgIpc) is 2.78. The molecule has 166 valence electrons. The van der Waals surface area contributed by atoms with Gasteiger partial charge in [0.1, 0.15) is 5.75 Å². The van der Waals surface area contributed by atoms with Crippen molar-refractivity contribution in [1.29, 1.82) is 0 Å². The van der Waals surface area contributed by atoms with Crippen LogP contribution in [0, 0.1) is 6.92 Å². The summed E-state index contributed by atoms with van der Waals surface area (Å²) in [7, 11) is 0. The van der Waals surface area contributed by atoms with Gasteiger partial charge in [0.25, 0.3) is 0 Å². The quantitative estimate of drug-likeness (QED) is 0.579. The first kappa shape index (κ1) is 22.0. The molecule has 0 aliphatic carbocycles. The Labute approximate surface area is 190 Å². The summed E-state index contributed by atoms with van der Waals surface area (Å²) in [6.45, 7) is 9.04. The van der Waals surface area contributed by atoms with Crippen molar-refractivity contribution >= 4 is 12.2 Å². The number of aromatic hydroxyl groups is 1. The minimum Gasteiger partial charge on any atom is -0.508 e. The van der Waals surface area contributed by atoms with Crippen LogP contribution in [0.4, 0.5) is 5.95 Å². The molecule has 32 heavy (non-hydrogen) atoms. The summed E-state index contributed by atoms with van der Waals surface area (Å²) in [6.07, 6.45) is 4.64. The summed E-state index contributed by atoms with van der Waals surface area (Å²) in [5, 5.41) is 12.9. The zero-order chi connectivity index (χ0) is 22.5. The lowest BCUT2D eigenvalue weighted by Crippen LogP contribution is -2.41. The van der Waals surface area contributed by atoms with E-state index in [0.29, 0.717) is 24.6 Å². The molecule has 4 rings (SSSR count). The van der Waals surface area contributed by atoms with Crippen LogP contribution in [0.25, 0.3) is 11.3 Å². The Bertz CT molecular complexity index is 1100. The number of anilines is 1. The number of rotatable bonds is 7. The molecule has 1 unspecified atom stereocenters. The van der Waals surface area contributed by atoms with Crippen molar-refractivity contribution in [1.82, 2.24) is 14.9 Å². The predicted molar refractivity (Wildman–Crippen MR) is 130 cm³/mol. The van der Waals surface area contributed by atoms with Gasteiger partial charge in [0, 0.05) is 43.7 Å². The fraction of sp³-hybridized carbons (Fsp3) is 0.346. The number of aliphatic imine (C=N–C) groups is 1. The summed E-state index contributed by atoms with van der Waals surface area (Å²) < 4.78 is 0. The molecule has 2 aromatic carbocycles. The van der Waals surface area contributed by atoms with E-state index in [1.54, 1.807) is 18.3 Å². The number of nitrogens with one attached hydrogen (secondary N) is 1. The van der Waals surface area contributed by atoms with E-state index in [1.165, 1.54) is 11.1 Å². The van der Waals surface area contributed by atoms with E-state index < -0.39 is 0 Å². The SMILES string of the molecule is Cc1ccc(CN2C[C@H](C)N=CC2C)cc1-c1ccnc(NCCc2cccc(O)c2)n1. The Morgan fingerprint density at radius 1 is 1.09 bits per heavy atom. The molecular weight excluding hydrogens is 398 g/mol. The Morgan fingerprint density at radius 2 is 1.97 bits per heavy atom. The van der Waals surface area contributed by atoms with Gasteiger partial charge < -0.3 is 10.4 Å². The van der Waals surface area contributed by atoms with Crippen LogP contribution in [0.5, 0.6) is 5.75 Å². The van der Waals surface area contributed by atoms with Gasteiger partial charge in [-0.05, 0) is 68.1 Å². The third kappa shape index (κ3) is 5.51. The van der Waals surface area contributed by atoms with Crippen molar-refractivity contribution in [2.45, 2.75) is 45.8 Å². The minimum absolute atomic E-state index is 0.289. The molecule has 0 fully saturated rings. The van der Waals surface area contributed by atoms with E-state index in [2.05, 4.69) is 65.4 Å². The van der Waals surface area contributed by atoms with Crippen LogP contribution in [0.3, 0.4) is 0 Å². The van der Waals surface area contributed by atoms with Crippen LogP contribution in [-0.4, -0.2) is 51.4 Å². The molecule has 1 aliphatic rings. The van der Waals surface area contributed by atoms with Crippen molar-refractivity contribution in [2.24, 2.45) is 4.99 Å². The second-order valence-electron chi connectivity index (χ2n) is 8.58. The highest BCUT2D eigenvalue weighted by molar-refractivity contribution is 5.66. The third-order valence-corrected chi connectivity index (χ3v) is 5.86. The Morgan fingerprint density at radius 3 is 2.81 bits per heavy atom. The molecule has 1 aromatic heterocycles. The van der Waals surface area contributed by atoms with Crippen LogP contribution >= 0.6 is 0 Å². The second kappa shape index (κ2) is 9.92. The van der Waals surface area contributed by atoms with E-state index in [-0.39, 0.29) is 5.75 Å². The number of hydrogen-bond acceptors (Lipinski definition) is 6. The van der Waals surface area contributed by atoms with Crippen molar-refractivity contribution in [3.8, 4) is 17.0 Å². The summed E-state index contributed by atoms with van der Waals surface area (Å²) in [4.78, 5) is 16.1. The molecule has 2 heterocycles. The fourth-order valence-corrected chi connectivity index (χ4v) is 4.03. The molecule has 1 aliphatic heterocycles. The molecule has 0 amide bonds. The molecular formula is C26H31N5O. The van der Waals surface area contributed by atoms with Gasteiger partial charge in [0.15, 0.2) is 0 Å². The van der Waals surface area contributed by atoms with Crippen molar-refractivity contribution in [3.63, 3.8) is 0 Å². The third-order valence-electron chi connectivity index (χ3n) is 5.86. The minimum atomic E-state index is 0.289. The lowest BCUT2D eigenvalue weighted by Gasteiger charge is -2.32. The Hall–Kier alpha value is -3.25. The maximum atomic E-state index is 9.62. The molecule has 2 N–H and O–H groups in total. The Kier molecular flexibility index (Phi) is 6.81. The molecule has 6 nitrogen and oxygen atoms in total. The van der Waals surface area contributed by atoms with Gasteiger partial charge in [0.05, 0.1) is 11.7 Å². The zero-order valence-electron chi connectivity index (χ0n) is 19.0. The summed E-state index contributed by atoms with van der Waals surface area (Å²) in [5.41, 5.74) is 5.59. The smallest absolute Gasteiger partial charge is 0.223 e. The number of hydrogen-bond donors (Lipinski definition) is 2. The molecule has 2 atom stereocenters. The first-order valence-electron chi connectivity index (χ1n) is 11.2. The van der Waals surface area contributed by atoms with E-state index in [4.69, 9.17) is 4.98 Å². The molecule has 0 bridgehead atoms. The maximum absolute atomic E-state index is 9.62. The first-order chi connectivity index (χ1) is 15.5. The van der Waals surface area contributed by atoms with E-state index in [9.17, 15) is 5.11 Å². The number of nitrogens with zero attached hydrogens (tertiary/aromatic N) is 4. The molecule has 6 heteroatoms. The molecule has 0 saturated carbocycles. The van der Waals surface area contributed by atoms with Crippen LogP contribution in [0.2, 0.25) is 0 Å². The number of aromatic nitrogens is 2. The molecule has 0 saturated heterocycles. The van der Waals surface area contributed by atoms with Crippen molar-refractivity contribution in [3.05, 3.63) is 71.4 Å². The fourth-order valence-electron chi connectivity index (χ4n) is 4.03. The van der Waals surface area contributed by atoms with E-state index in [1.807, 2.05) is 18.2 Å². The predicted octanol–water partition coefficient (Wildman–Crippen LogP) is 4.48. The average molecular weight is 430 g/mol. The first-order valence-corrected chi connectivity index (χ1v) is 11.2. The van der Waals surface area contributed by atoms with Gasteiger partial charge >= 0.3 is 0 Å².